The quantitative estimate of drug-likeness (QED) is 0.892. The number of rotatable bonds is 3. The van der Waals surface area contributed by atoms with Gasteiger partial charge in [-0.1, -0.05) is 36.4 Å². The van der Waals surface area contributed by atoms with Gasteiger partial charge in [-0.05, 0) is 28.8 Å². The summed E-state index contributed by atoms with van der Waals surface area (Å²) < 4.78 is 0. The molecule has 0 spiro atoms. The van der Waals surface area contributed by atoms with Crippen LogP contribution in [0, 0.1) is 11.3 Å². The standard InChI is InChI=1S/C15H11NO2/c16-9-8-11-4-6-12(7-5-11)13-2-1-3-14(10-13)15(17)18/h1-7,10H,8H2,(H,17,18). The van der Waals surface area contributed by atoms with Gasteiger partial charge in [0.05, 0.1) is 18.1 Å². The zero-order valence-electron chi connectivity index (χ0n) is 9.63. The van der Waals surface area contributed by atoms with E-state index in [1.807, 2.05) is 30.3 Å². The van der Waals surface area contributed by atoms with E-state index in [4.69, 9.17) is 10.4 Å². The number of nitriles is 1. The van der Waals surface area contributed by atoms with Gasteiger partial charge in [0.1, 0.15) is 0 Å². The maximum absolute atomic E-state index is 10.9. The largest absolute Gasteiger partial charge is 0.478 e. The highest BCUT2D eigenvalue weighted by atomic mass is 16.4. The number of carboxylic acid groups (broad SMARTS) is 1. The Labute approximate surface area is 105 Å². The number of hydrogen-bond acceptors (Lipinski definition) is 2. The topological polar surface area (TPSA) is 61.1 Å². The van der Waals surface area contributed by atoms with E-state index in [0.29, 0.717) is 6.42 Å². The van der Waals surface area contributed by atoms with Crippen LogP contribution in [0.15, 0.2) is 48.5 Å². The van der Waals surface area contributed by atoms with Gasteiger partial charge in [-0.3, -0.25) is 0 Å². The van der Waals surface area contributed by atoms with Gasteiger partial charge in [-0.2, -0.15) is 5.26 Å². The summed E-state index contributed by atoms with van der Waals surface area (Å²) >= 11 is 0. The predicted molar refractivity (Wildman–Crippen MR) is 68.2 cm³/mol. The van der Waals surface area contributed by atoms with Crippen molar-refractivity contribution in [3.63, 3.8) is 0 Å². The van der Waals surface area contributed by atoms with Crippen molar-refractivity contribution in [2.75, 3.05) is 0 Å². The van der Waals surface area contributed by atoms with Gasteiger partial charge in [-0.25, -0.2) is 4.79 Å². The molecule has 1 N–H and O–H groups in total. The van der Waals surface area contributed by atoms with Crippen LogP contribution in [0.1, 0.15) is 15.9 Å². The third kappa shape index (κ3) is 2.55. The second-order valence-electron chi connectivity index (χ2n) is 3.92. The summed E-state index contributed by atoms with van der Waals surface area (Å²) in [6.45, 7) is 0. The minimum absolute atomic E-state index is 0.272. The molecule has 88 valence electrons. The third-order valence-corrected chi connectivity index (χ3v) is 2.68. The third-order valence-electron chi connectivity index (χ3n) is 2.68. The van der Waals surface area contributed by atoms with Crippen LogP contribution in [0.2, 0.25) is 0 Å². The number of hydrogen-bond donors (Lipinski definition) is 1. The van der Waals surface area contributed by atoms with E-state index in [0.717, 1.165) is 16.7 Å². The average molecular weight is 237 g/mol. The molecule has 2 rings (SSSR count). The Kier molecular flexibility index (Phi) is 3.40. The molecule has 0 saturated heterocycles. The average Bonchev–Trinajstić information content (AvgIpc) is 2.40. The molecule has 0 aromatic heterocycles. The lowest BCUT2D eigenvalue weighted by Gasteiger charge is -2.04. The van der Waals surface area contributed by atoms with Crippen LogP contribution >= 0.6 is 0 Å². The highest BCUT2D eigenvalue weighted by Crippen LogP contribution is 2.21. The minimum Gasteiger partial charge on any atom is -0.478 e. The molecule has 0 amide bonds. The molecule has 0 saturated carbocycles. The fraction of sp³-hybridized carbons (Fsp3) is 0.0667. The van der Waals surface area contributed by atoms with Gasteiger partial charge in [0.2, 0.25) is 0 Å². The summed E-state index contributed by atoms with van der Waals surface area (Å²) in [5.74, 6) is -0.932. The Morgan fingerprint density at radius 2 is 1.83 bits per heavy atom. The van der Waals surface area contributed by atoms with Crippen LogP contribution in [0.5, 0.6) is 0 Å². The zero-order valence-corrected chi connectivity index (χ0v) is 9.63. The Morgan fingerprint density at radius 1 is 1.11 bits per heavy atom. The molecule has 0 heterocycles. The number of carboxylic acids is 1. The Bertz CT molecular complexity index is 609. The van der Waals surface area contributed by atoms with E-state index in [-0.39, 0.29) is 5.56 Å². The van der Waals surface area contributed by atoms with Gasteiger partial charge in [-0.15, -0.1) is 0 Å². The molecule has 0 fully saturated rings. The summed E-state index contributed by atoms with van der Waals surface area (Å²) in [4.78, 5) is 10.9. The molecule has 0 aliphatic heterocycles. The monoisotopic (exact) mass is 237 g/mol. The van der Waals surface area contributed by atoms with Crippen LogP contribution in [0.3, 0.4) is 0 Å². The SMILES string of the molecule is N#CCc1ccc(-c2cccc(C(=O)O)c2)cc1. The van der Waals surface area contributed by atoms with E-state index >= 15 is 0 Å². The normalized spacial score (nSPS) is 9.72. The first-order valence-electron chi connectivity index (χ1n) is 5.50. The van der Waals surface area contributed by atoms with E-state index < -0.39 is 5.97 Å². The summed E-state index contributed by atoms with van der Waals surface area (Å²) in [5, 5.41) is 17.5. The number of nitrogens with zero attached hydrogens (tertiary/aromatic N) is 1. The fourth-order valence-electron chi connectivity index (χ4n) is 1.74. The highest BCUT2D eigenvalue weighted by Gasteiger charge is 2.04. The van der Waals surface area contributed by atoms with Crippen LogP contribution < -0.4 is 0 Å². The number of benzene rings is 2. The van der Waals surface area contributed by atoms with Gasteiger partial charge >= 0.3 is 5.97 Å². The van der Waals surface area contributed by atoms with E-state index in [2.05, 4.69) is 6.07 Å². The fourth-order valence-corrected chi connectivity index (χ4v) is 1.74. The molecule has 2 aromatic carbocycles. The van der Waals surface area contributed by atoms with E-state index in [1.165, 1.54) is 0 Å². The lowest BCUT2D eigenvalue weighted by Crippen LogP contribution is -1.95. The van der Waals surface area contributed by atoms with Crippen molar-refractivity contribution >= 4 is 5.97 Å². The summed E-state index contributed by atoms with van der Waals surface area (Å²) in [6.07, 6.45) is 0.384. The number of carbonyl (C=O) groups is 1. The molecule has 3 nitrogen and oxygen atoms in total. The molecular formula is C15H11NO2. The van der Waals surface area contributed by atoms with Crippen molar-refractivity contribution in [3.8, 4) is 17.2 Å². The van der Waals surface area contributed by atoms with Crippen molar-refractivity contribution in [2.45, 2.75) is 6.42 Å². The maximum Gasteiger partial charge on any atom is 0.335 e. The van der Waals surface area contributed by atoms with Crippen molar-refractivity contribution in [3.05, 3.63) is 59.7 Å². The molecule has 0 atom stereocenters. The van der Waals surface area contributed by atoms with E-state index in [1.54, 1.807) is 18.2 Å². The summed E-state index contributed by atoms with van der Waals surface area (Å²) in [6, 6.07) is 16.4. The van der Waals surface area contributed by atoms with E-state index in [9.17, 15) is 4.79 Å². The van der Waals surface area contributed by atoms with Gasteiger partial charge < -0.3 is 5.11 Å². The molecule has 3 heteroatoms. The Balaban J connectivity index is 2.34. The second kappa shape index (κ2) is 5.15. The van der Waals surface area contributed by atoms with Crippen molar-refractivity contribution in [1.29, 1.82) is 5.26 Å². The smallest absolute Gasteiger partial charge is 0.335 e. The molecule has 0 aliphatic carbocycles. The first-order valence-corrected chi connectivity index (χ1v) is 5.50. The first-order chi connectivity index (χ1) is 8.70. The lowest BCUT2D eigenvalue weighted by molar-refractivity contribution is 0.0697. The maximum atomic E-state index is 10.9. The van der Waals surface area contributed by atoms with Gasteiger partial charge in [0.15, 0.2) is 0 Å². The second-order valence-corrected chi connectivity index (χ2v) is 3.92. The van der Waals surface area contributed by atoms with Crippen LogP contribution in [0.4, 0.5) is 0 Å². The van der Waals surface area contributed by atoms with Gasteiger partial charge in [0, 0.05) is 0 Å². The molecule has 0 bridgehead atoms. The Morgan fingerprint density at radius 3 is 2.44 bits per heavy atom. The van der Waals surface area contributed by atoms with Gasteiger partial charge in [0.25, 0.3) is 0 Å². The molecule has 0 aliphatic rings. The molecule has 0 radical (unpaired) electrons. The van der Waals surface area contributed by atoms with Crippen LogP contribution in [-0.4, -0.2) is 11.1 Å². The van der Waals surface area contributed by atoms with Crippen molar-refractivity contribution in [2.24, 2.45) is 0 Å². The zero-order chi connectivity index (χ0) is 13.0. The minimum atomic E-state index is -0.932. The Hall–Kier alpha value is -2.60. The highest BCUT2D eigenvalue weighted by molar-refractivity contribution is 5.89. The summed E-state index contributed by atoms with van der Waals surface area (Å²) in [7, 11) is 0. The van der Waals surface area contributed by atoms with Crippen LogP contribution in [-0.2, 0) is 6.42 Å². The predicted octanol–water partition coefficient (Wildman–Crippen LogP) is 3.12. The van der Waals surface area contributed by atoms with Crippen LogP contribution in [0.25, 0.3) is 11.1 Å². The summed E-state index contributed by atoms with van der Waals surface area (Å²) in [5.41, 5.74) is 3.03. The molecule has 0 unspecified atom stereocenters. The molecular weight excluding hydrogens is 226 g/mol. The van der Waals surface area contributed by atoms with Crippen molar-refractivity contribution < 1.29 is 9.90 Å². The molecule has 2 aromatic rings. The lowest BCUT2D eigenvalue weighted by atomic mass is 10.0. The van der Waals surface area contributed by atoms with Crippen molar-refractivity contribution in [1.82, 2.24) is 0 Å². The molecule has 18 heavy (non-hydrogen) atoms. The first kappa shape index (κ1) is 11.9. The number of aromatic carboxylic acids is 1.